The fourth-order valence-corrected chi connectivity index (χ4v) is 3.10. The first kappa shape index (κ1) is 14.2. The molecule has 2 rings (SSSR count). The summed E-state index contributed by atoms with van der Waals surface area (Å²) in [4.78, 5) is 0. The molecule has 100 valence electrons. The van der Waals surface area contributed by atoms with E-state index in [1.54, 1.807) is 18.2 Å². The molecule has 1 aromatic carbocycles. The highest BCUT2D eigenvalue weighted by Gasteiger charge is 2.40. The predicted octanol–water partition coefficient (Wildman–Crippen LogP) is 4.96. The fourth-order valence-electron chi connectivity index (χ4n) is 2.46. The van der Waals surface area contributed by atoms with Crippen molar-refractivity contribution in [2.45, 2.75) is 37.7 Å². The van der Waals surface area contributed by atoms with E-state index in [0.29, 0.717) is 27.9 Å². The lowest BCUT2D eigenvalue weighted by Crippen LogP contribution is -2.11. The maximum absolute atomic E-state index is 13.1. The Labute approximate surface area is 118 Å². The molecule has 5 heteroatoms. The number of benzene rings is 1. The van der Waals surface area contributed by atoms with E-state index in [9.17, 15) is 13.9 Å². The summed E-state index contributed by atoms with van der Waals surface area (Å²) < 4.78 is 26.9. The summed E-state index contributed by atoms with van der Waals surface area (Å²) in [6.07, 6.45) is -0.179. The van der Waals surface area contributed by atoms with E-state index in [2.05, 4.69) is 15.9 Å². The van der Waals surface area contributed by atoms with E-state index in [1.165, 1.54) is 0 Å². The lowest BCUT2D eigenvalue weighted by atomic mass is 9.95. The summed E-state index contributed by atoms with van der Waals surface area (Å²) in [7, 11) is 0. The highest BCUT2D eigenvalue weighted by Crippen LogP contribution is 2.43. The second-order valence-corrected chi connectivity index (χ2v) is 6.09. The van der Waals surface area contributed by atoms with Gasteiger partial charge in [0.25, 0.3) is 0 Å². The zero-order valence-electron chi connectivity index (χ0n) is 9.67. The maximum atomic E-state index is 13.1. The van der Waals surface area contributed by atoms with E-state index in [4.69, 9.17) is 11.6 Å². The number of alkyl halides is 2. The third-order valence-electron chi connectivity index (χ3n) is 3.40. The molecule has 1 fully saturated rings. The normalized spacial score (nSPS) is 24.2. The molecule has 18 heavy (non-hydrogen) atoms. The van der Waals surface area contributed by atoms with Gasteiger partial charge in [0, 0.05) is 22.9 Å². The van der Waals surface area contributed by atoms with Crippen LogP contribution in [0, 0.1) is 5.92 Å². The van der Waals surface area contributed by atoms with Crippen molar-refractivity contribution in [3.05, 3.63) is 33.3 Å². The van der Waals surface area contributed by atoms with Crippen LogP contribution in [0.15, 0.2) is 22.7 Å². The fraction of sp³-hybridized carbons (Fsp3) is 0.538. The molecule has 0 aromatic heterocycles. The summed E-state index contributed by atoms with van der Waals surface area (Å²) in [5.41, 5.74) is 0.598. The van der Waals surface area contributed by atoms with Crippen molar-refractivity contribution < 1.29 is 13.9 Å². The molecule has 1 aliphatic rings. The van der Waals surface area contributed by atoms with E-state index in [0.717, 1.165) is 0 Å². The van der Waals surface area contributed by atoms with Crippen LogP contribution in [0.2, 0.25) is 5.02 Å². The molecule has 0 amide bonds. The Hall–Kier alpha value is -0.190. The molecule has 0 aliphatic heterocycles. The van der Waals surface area contributed by atoms with Crippen molar-refractivity contribution in [3.63, 3.8) is 0 Å². The topological polar surface area (TPSA) is 20.2 Å². The van der Waals surface area contributed by atoms with Gasteiger partial charge in [-0.1, -0.05) is 23.7 Å². The van der Waals surface area contributed by atoms with E-state index < -0.39 is 12.0 Å². The Morgan fingerprint density at radius 2 is 2.22 bits per heavy atom. The van der Waals surface area contributed by atoms with Crippen molar-refractivity contribution in [3.8, 4) is 0 Å². The average molecular weight is 340 g/mol. The monoisotopic (exact) mass is 338 g/mol. The lowest BCUT2D eigenvalue weighted by Gasteiger charge is -2.17. The summed E-state index contributed by atoms with van der Waals surface area (Å²) in [6, 6.07) is 5.28. The minimum Gasteiger partial charge on any atom is -0.388 e. The van der Waals surface area contributed by atoms with Crippen LogP contribution < -0.4 is 0 Å². The van der Waals surface area contributed by atoms with Gasteiger partial charge < -0.3 is 5.11 Å². The molecule has 0 saturated heterocycles. The molecule has 0 bridgehead atoms. The van der Waals surface area contributed by atoms with Crippen molar-refractivity contribution in [1.82, 2.24) is 0 Å². The van der Waals surface area contributed by atoms with E-state index in [1.807, 2.05) is 0 Å². The maximum Gasteiger partial charge on any atom is 0.248 e. The van der Waals surface area contributed by atoms with Gasteiger partial charge >= 0.3 is 0 Å². The van der Waals surface area contributed by atoms with Crippen LogP contribution in [0.5, 0.6) is 0 Å². The molecule has 1 aliphatic carbocycles. The minimum absolute atomic E-state index is 0.0728. The molecular formula is C13H14BrClF2O. The van der Waals surface area contributed by atoms with Gasteiger partial charge in [0.2, 0.25) is 5.92 Å². The van der Waals surface area contributed by atoms with Crippen molar-refractivity contribution >= 4 is 27.5 Å². The number of aliphatic hydroxyl groups excluding tert-OH is 1. The van der Waals surface area contributed by atoms with Crippen LogP contribution in [0.3, 0.4) is 0 Å². The molecule has 1 saturated carbocycles. The number of hydrogen-bond donors (Lipinski definition) is 1. The highest BCUT2D eigenvalue weighted by molar-refractivity contribution is 9.10. The third kappa shape index (κ3) is 3.22. The van der Waals surface area contributed by atoms with Gasteiger partial charge in [-0.05, 0) is 40.8 Å². The number of aliphatic hydroxyl groups is 1. The first-order valence-corrected chi connectivity index (χ1v) is 7.06. The van der Waals surface area contributed by atoms with Crippen LogP contribution in [-0.4, -0.2) is 11.0 Å². The van der Waals surface area contributed by atoms with Gasteiger partial charge in [0.15, 0.2) is 0 Å². The van der Waals surface area contributed by atoms with Crippen molar-refractivity contribution in [2.24, 2.45) is 5.92 Å². The number of hydrogen-bond acceptors (Lipinski definition) is 1. The Kier molecular flexibility index (Phi) is 4.29. The van der Waals surface area contributed by atoms with Gasteiger partial charge in [-0.15, -0.1) is 0 Å². The third-order valence-corrected chi connectivity index (χ3v) is 4.71. The quantitative estimate of drug-likeness (QED) is 0.825. The molecule has 1 N–H and O–H groups in total. The van der Waals surface area contributed by atoms with Crippen molar-refractivity contribution in [1.29, 1.82) is 0 Å². The minimum atomic E-state index is -2.56. The Balaban J connectivity index is 2.04. The van der Waals surface area contributed by atoms with Crippen LogP contribution in [0.4, 0.5) is 8.78 Å². The van der Waals surface area contributed by atoms with Crippen molar-refractivity contribution in [2.75, 3.05) is 0 Å². The van der Waals surface area contributed by atoms with Gasteiger partial charge in [-0.2, -0.15) is 0 Å². The van der Waals surface area contributed by atoms with Gasteiger partial charge in [-0.25, -0.2) is 8.78 Å². The smallest absolute Gasteiger partial charge is 0.248 e. The van der Waals surface area contributed by atoms with Crippen LogP contribution in [0.1, 0.15) is 37.4 Å². The largest absolute Gasteiger partial charge is 0.388 e. The molecular weight excluding hydrogens is 325 g/mol. The molecule has 0 radical (unpaired) electrons. The van der Waals surface area contributed by atoms with E-state index in [-0.39, 0.29) is 18.8 Å². The molecule has 1 nitrogen and oxygen atoms in total. The van der Waals surface area contributed by atoms with Gasteiger partial charge in [0.05, 0.1) is 11.1 Å². The second kappa shape index (κ2) is 5.43. The predicted molar refractivity (Wildman–Crippen MR) is 71.0 cm³/mol. The van der Waals surface area contributed by atoms with Gasteiger partial charge in [0.1, 0.15) is 0 Å². The molecule has 2 atom stereocenters. The average Bonchev–Trinajstić information content (AvgIpc) is 2.62. The number of halogens is 4. The molecule has 0 spiro atoms. The highest BCUT2D eigenvalue weighted by atomic mass is 79.9. The summed E-state index contributed by atoms with van der Waals surface area (Å²) in [6.45, 7) is 0. The Morgan fingerprint density at radius 1 is 1.50 bits per heavy atom. The van der Waals surface area contributed by atoms with E-state index >= 15 is 0 Å². The summed E-state index contributed by atoms with van der Waals surface area (Å²) in [5, 5.41) is 10.6. The molecule has 2 unspecified atom stereocenters. The first-order chi connectivity index (χ1) is 8.39. The zero-order chi connectivity index (χ0) is 13.3. The summed E-state index contributed by atoms with van der Waals surface area (Å²) in [5.74, 6) is -2.70. The number of rotatable bonds is 3. The standard InChI is InChI=1S/C13H14BrClF2O/c14-10-3-1-2-9(12(10)15)11(18)6-8-4-5-13(16,17)7-8/h1-3,8,11,18H,4-7H2. The van der Waals surface area contributed by atoms with Crippen LogP contribution >= 0.6 is 27.5 Å². The lowest BCUT2D eigenvalue weighted by molar-refractivity contribution is 0.00255. The van der Waals surface area contributed by atoms with Crippen LogP contribution in [-0.2, 0) is 0 Å². The second-order valence-electron chi connectivity index (χ2n) is 4.86. The Morgan fingerprint density at radius 3 is 2.83 bits per heavy atom. The van der Waals surface area contributed by atoms with Gasteiger partial charge in [-0.3, -0.25) is 0 Å². The van der Waals surface area contributed by atoms with Crippen LogP contribution in [0.25, 0.3) is 0 Å². The molecule has 1 aromatic rings. The SMILES string of the molecule is OC(CC1CCC(F)(F)C1)c1cccc(Br)c1Cl. The zero-order valence-corrected chi connectivity index (χ0v) is 12.0. The molecule has 0 heterocycles. The summed E-state index contributed by atoms with van der Waals surface area (Å²) >= 11 is 9.36. The first-order valence-electron chi connectivity index (χ1n) is 5.89. The Bertz CT molecular complexity index is 439.